The number of aromatic nitrogens is 3. The number of rotatable bonds is 9. The lowest BCUT2D eigenvalue weighted by Gasteiger charge is -2.18. The van der Waals surface area contributed by atoms with Crippen LogP contribution in [-0.4, -0.2) is 59.3 Å². The molecule has 0 saturated carbocycles. The number of aromatic amines is 1. The van der Waals surface area contributed by atoms with Crippen molar-refractivity contribution < 1.29 is 9.53 Å². The Kier molecular flexibility index (Phi) is 6.97. The molecule has 29 heavy (non-hydrogen) atoms. The second-order valence-electron chi connectivity index (χ2n) is 6.57. The minimum Gasteiger partial charge on any atom is -0.496 e. The van der Waals surface area contributed by atoms with Gasteiger partial charge >= 0.3 is 0 Å². The van der Waals surface area contributed by atoms with Crippen LogP contribution in [0.25, 0.3) is 22.8 Å². The zero-order chi connectivity index (χ0) is 20.6. The molecule has 0 aliphatic rings. The van der Waals surface area contributed by atoms with Crippen LogP contribution in [0.3, 0.4) is 0 Å². The van der Waals surface area contributed by atoms with Gasteiger partial charge in [-0.1, -0.05) is 50.2 Å². The molecular weight excluding hydrogens is 366 g/mol. The van der Waals surface area contributed by atoms with E-state index in [1.807, 2.05) is 36.4 Å². The van der Waals surface area contributed by atoms with Crippen molar-refractivity contribution in [3.63, 3.8) is 0 Å². The van der Waals surface area contributed by atoms with Crippen molar-refractivity contribution >= 4 is 5.91 Å². The Bertz CT molecular complexity index is 935. The molecule has 0 fully saturated rings. The molecule has 0 unspecified atom stereocenters. The third kappa shape index (κ3) is 5.00. The molecule has 0 bridgehead atoms. The van der Waals surface area contributed by atoms with E-state index in [2.05, 4.69) is 39.2 Å². The van der Waals surface area contributed by atoms with E-state index in [1.165, 1.54) is 0 Å². The topological polar surface area (TPSA) is 83.1 Å². The molecule has 1 heterocycles. The Morgan fingerprint density at radius 3 is 2.55 bits per heavy atom. The number of carbonyl (C=O) groups excluding carboxylic acids is 1. The van der Waals surface area contributed by atoms with Gasteiger partial charge in [-0.05, 0) is 25.2 Å². The largest absolute Gasteiger partial charge is 0.496 e. The lowest BCUT2D eigenvalue weighted by atomic mass is 10.1. The van der Waals surface area contributed by atoms with Crippen molar-refractivity contribution in [1.82, 2.24) is 25.4 Å². The van der Waals surface area contributed by atoms with Gasteiger partial charge < -0.3 is 15.0 Å². The number of likely N-dealkylation sites (N-methyl/N-ethyl adjacent to an activating group) is 1. The monoisotopic (exact) mass is 393 g/mol. The second-order valence-corrected chi connectivity index (χ2v) is 6.57. The van der Waals surface area contributed by atoms with Crippen LogP contribution in [0.4, 0.5) is 0 Å². The van der Waals surface area contributed by atoms with E-state index in [0.29, 0.717) is 29.5 Å². The first kappa shape index (κ1) is 20.5. The van der Waals surface area contributed by atoms with E-state index in [-0.39, 0.29) is 5.91 Å². The molecule has 2 N–H and O–H groups in total. The minimum atomic E-state index is -0.152. The van der Waals surface area contributed by atoms with Gasteiger partial charge in [0.05, 0.1) is 12.7 Å². The van der Waals surface area contributed by atoms with Crippen LogP contribution >= 0.6 is 0 Å². The zero-order valence-electron chi connectivity index (χ0n) is 17.1. The Hall–Kier alpha value is -3.19. The molecule has 152 valence electrons. The lowest BCUT2D eigenvalue weighted by molar-refractivity contribution is 0.0946. The van der Waals surface area contributed by atoms with Crippen LogP contribution in [-0.2, 0) is 0 Å². The third-order valence-corrected chi connectivity index (χ3v) is 4.85. The van der Waals surface area contributed by atoms with Gasteiger partial charge in [0.1, 0.15) is 5.75 Å². The van der Waals surface area contributed by atoms with Crippen molar-refractivity contribution in [2.45, 2.75) is 13.8 Å². The van der Waals surface area contributed by atoms with Crippen molar-refractivity contribution in [1.29, 1.82) is 0 Å². The molecule has 0 spiro atoms. The molecular formula is C22H27N5O2. The van der Waals surface area contributed by atoms with E-state index in [1.54, 1.807) is 19.2 Å². The molecule has 0 saturated heterocycles. The van der Waals surface area contributed by atoms with E-state index in [4.69, 9.17) is 4.74 Å². The first-order valence-corrected chi connectivity index (χ1v) is 9.83. The summed E-state index contributed by atoms with van der Waals surface area (Å²) in [5, 5.41) is 10.2. The summed E-state index contributed by atoms with van der Waals surface area (Å²) in [6.07, 6.45) is 0. The molecule has 0 aliphatic heterocycles. The highest BCUT2D eigenvalue weighted by Crippen LogP contribution is 2.26. The second kappa shape index (κ2) is 9.84. The van der Waals surface area contributed by atoms with Crippen molar-refractivity contribution in [2.75, 3.05) is 33.3 Å². The SMILES string of the molecule is CCN(CC)CCNC(=O)c1ccc(-c2n[nH]c(-c3ccccc3)n2)cc1OC. The number of amides is 1. The van der Waals surface area contributed by atoms with Crippen LogP contribution in [0.1, 0.15) is 24.2 Å². The number of nitrogens with one attached hydrogen (secondary N) is 2. The molecule has 3 aromatic rings. The fourth-order valence-corrected chi connectivity index (χ4v) is 3.10. The van der Waals surface area contributed by atoms with Crippen LogP contribution in [0, 0.1) is 0 Å². The third-order valence-electron chi connectivity index (χ3n) is 4.85. The summed E-state index contributed by atoms with van der Waals surface area (Å²) in [6.45, 7) is 7.56. The van der Waals surface area contributed by atoms with Gasteiger partial charge in [-0.2, -0.15) is 5.10 Å². The highest BCUT2D eigenvalue weighted by Gasteiger charge is 2.15. The first-order valence-electron chi connectivity index (χ1n) is 9.83. The Balaban J connectivity index is 1.74. The Labute approximate surface area is 171 Å². The number of carbonyl (C=O) groups is 1. The number of ether oxygens (including phenoxy) is 1. The van der Waals surface area contributed by atoms with Gasteiger partial charge in [0.15, 0.2) is 11.6 Å². The summed E-state index contributed by atoms with van der Waals surface area (Å²) < 4.78 is 5.45. The summed E-state index contributed by atoms with van der Waals surface area (Å²) >= 11 is 0. The molecule has 1 aromatic heterocycles. The van der Waals surface area contributed by atoms with Gasteiger partial charge in [-0.3, -0.25) is 9.89 Å². The van der Waals surface area contributed by atoms with Gasteiger partial charge in [0.2, 0.25) is 0 Å². The Morgan fingerprint density at radius 2 is 1.86 bits per heavy atom. The van der Waals surface area contributed by atoms with Crippen molar-refractivity contribution in [3.8, 4) is 28.5 Å². The Morgan fingerprint density at radius 1 is 1.10 bits per heavy atom. The van der Waals surface area contributed by atoms with Crippen LogP contribution in [0.15, 0.2) is 48.5 Å². The zero-order valence-corrected chi connectivity index (χ0v) is 17.1. The minimum absolute atomic E-state index is 0.152. The lowest BCUT2D eigenvalue weighted by Crippen LogP contribution is -2.34. The molecule has 0 radical (unpaired) electrons. The maximum absolute atomic E-state index is 12.6. The number of hydrogen-bond acceptors (Lipinski definition) is 5. The van der Waals surface area contributed by atoms with Crippen LogP contribution in [0.2, 0.25) is 0 Å². The summed E-state index contributed by atoms with van der Waals surface area (Å²) in [6, 6.07) is 15.2. The predicted molar refractivity (Wildman–Crippen MR) is 114 cm³/mol. The fourth-order valence-electron chi connectivity index (χ4n) is 3.10. The van der Waals surface area contributed by atoms with Gasteiger partial charge in [0.25, 0.3) is 5.91 Å². The van der Waals surface area contributed by atoms with E-state index >= 15 is 0 Å². The van der Waals surface area contributed by atoms with Crippen molar-refractivity contribution in [3.05, 3.63) is 54.1 Å². The molecule has 2 aromatic carbocycles. The fraction of sp³-hybridized carbons (Fsp3) is 0.318. The normalized spacial score (nSPS) is 10.9. The van der Waals surface area contributed by atoms with E-state index in [9.17, 15) is 4.79 Å². The molecule has 7 heteroatoms. The number of benzene rings is 2. The summed E-state index contributed by atoms with van der Waals surface area (Å²) in [4.78, 5) is 19.4. The average molecular weight is 393 g/mol. The molecule has 1 amide bonds. The van der Waals surface area contributed by atoms with Gasteiger partial charge in [-0.25, -0.2) is 4.98 Å². The summed E-state index contributed by atoms with van der Waals surface area (Å²) in [5.41, 5.74) is 2.23. The predicted octanol–water partition coefficient (Wildman–Crippen LogP) is 3.22. The molecule has 3 rings (SSSR count). The quantitative estimate of drug-likeness (QED) is 0.583. The number of nitrogens with zero attached hydrogens (tertiary/aromatic N) is 3. The van der Waals surface area contributed by atoms with Gasteiger partial charge in [0, 0.05) is 24.2 Å². The maximum Gasteiger partial charge on any atom is 0.255 e. The first-order chi connectivity index (χ1) is 14.2. The van der Waals surface area contributed by atoms with Gasteiger partial charge in [-0.15, -0.1) is 0 Å². The van der Waals surface area contributed by atoms with Crippen LogP contribution < -0.4 is 10.1 Å². The highest BCUT2D eigenvalue weighted by atomic mass is 16.5. The number of hydrogen-bond donors (Lipinski definition) is 2. The van der Waals surface area contributed by atoms with E-state index < -0.39 is 0 Å². The standard InChI is InChI=1S/C22H27N5O2/c1-4-27(5-2)14-13-23-22(28)18-12-11-17(15-19(18)29-3)21-24-20(25-26-21)16-9-7-6-8-10-16/h6-12,15H,4-5,13-14H2,1-3H3,(H,23,28)(H,24,25,26). The molecule has 0 atom stereocenters. The maximum atomic E-state index is 12.6. The number of H-pyrrole nitrogens is 1. The number of methoxy groups -OCH3 is 1. The summed E-state index contributed by atoms with van der Waals surface area (Å²) in [7, 11) is 1.55. The smallest absolute Gasteiger partial charge is 0.255 e. The van der Waals surface area contributed by atoms with E-state index in [0.717, 1.165) is 30.8 Å². The average Bonchev–Trinajstić information content (AvgIpc) is 3.27. The highest BCUT2D eigenvalue weighted by molar-refractivity contribution is 5.97. The molecule has 7 nitrogen and oxygen atoms in total. The van der Waals surface area contributed by atoms with Crippen LogP contribution in [0.5, 0.6) is 5.75 Å². The summed E-state index contributed by atoms with van der Waals surface area (Å²) in [5.74, 6) is 1.59. The van der Waals surface area contributed by atoms with Crippen molar-refractivity contribution in [2.24, 2.45) is 0 Å². The molecule has 0 aliphatic carbocycles.